The summed E-state index contributed by atoms with van der Waals surface area (Å²) in [6.07, 6.45) is 1.98. The van der Waals surface area contributed by atoms with E-state index in [1.807, 2.05) is 0 Å². The van der Waals surface area contributed by atoms with Crippen molar-refractivity contribution in [2.24, 2.45) is 0 Å². The average Bonchev–Trinajstić information content (AvgIpc) is 2.72. The largest absolute Gasteiger partial charge is 0.345 e. The zero-order chi connectivity index (χ0) is 21.7. The van der Waals surface area contributed by atoms with Gasteiger partial charge in [0.15, 0.2) is 0 Å². The Bertz CT molecular complexity index is 1090. The molecule has 3 rings (SSSR count). The first-order valence-corrected chi connectivity index (χ1v) is 10.2. The molecule has 1 amide bonds. The second-order valence-corrected chi connectivity index (χ2v) is 7.43. The van der Waals surface area contributed by atoms with Crippen LogP contribution in [0.5, 0.6) is 0 Å². The van der Waals surface area contributed by atoms with Crippen LogP contribution >= 0.6 is 11.8 Å². The molecule has 0 saturated heterocycles. The van der Waals surface area contributed by atoms with E-state index in [1.54, 1.807) is 30.5 Å². The monoisotopic (exact) mass is 428 g/mol. The van der Waals surface area contributed by atoms with Crippen LogP contribution in [0.4, 0.5) is 14.5 Å². The van der Waals surface area contributed by atoms with Gasteiger partial charge in [-0.3, -0.25) is 14.9 Å². The maximum Gasteiger partial charge on any atom is 0.282 e. The minimum atomic E-state index is -0.715. The Morgan fingerprint density at radius 3 is 2.40 bits per heavy atom. The highest BCUT2D eigenvalue weighted by atomic mass is 32.2. The van der Waals surface area contributed by atoms with Crippen LogP contribution < -0.4 is 5.32 Å². The maximum absolute atomic E-state index is 13.8. The molecule has 0 heterocycles. The van der Waals surface area contributed by atoms with E-state index in [1.165, 1.54) is 54.2 Å². The van der Waals surface area contributed by atoms with Gasteiger partial charge in [0.05, 0.1) is 11.0 Å². The summed E-state index contributed by atoms with van der Waals surface area (Å²) >= 11 is 1.35. The van der Waals surface area contributed by atoms with E-state index in [4.69, 9.17) is 0 Å². The van der Waals surface area contributed by atoms with Gasteiger partial charge >= 0.3 is 0 Å². The van der Waals surface area contributed by atoms with Crippen molar-refractivity contribution in [2.45, 2.75) is 17.4 Å². The molecule has 0 radical (unpaired) electrons. The molecule has 1 N–H and O–H groups in total. The van der Waals surface area contributed by atoms with E-state index in [0.717, 1.165) is 0 Å². The molecule has 0 saturated carbocycles. The molecule has 3 aromatic rings. The van der Waals surface area contributed by atoms with Crippen LogP contribution in [0.3, 0.4) is 0 Å². The highest BCUT2D eigenvalue weighted by Crippen LogP contribution is 2.27. The molecule has 1 unspecified atom stereocenters. The number of hydrogen-bond donors (Lipinski definition) is 1. The first-order valence-electron chi connectivity index (χ1n) is 9.00. The van der Waals surface area contributed by atoms with Gasteiger partial charge in [-0.2, -0.15) is 0 Å². The van der Waals surface area contributed by atoms with E-state index < -0.39 is 28.5 Å². The molecule has 30 heavy (non-hydrogen) atoms. The average molecular weight is 428 g/mol. The quantitative estimate of drug-likeness (QED) is 0.315. The Morgan fingerprint density at radius 1 is 1.07 bits per heavy atom. The van der Waals surface area contributed by atoms with Gasteiger partial charge in [-0.1, -0.05) is 24.3 Å². The molecule has 3 aromatic carbocycles. The Morgan fingerprint density at radius 2 is 1.77 bits per heavy atom. The molecule has 0 fully saturated rings. The zero-order valence-corrected chi connectivity index (χ0v) is 16.8. The lowest BCUT2D eigenvalue weighted by atomic mass is 9.98. The Hall–Kier alpha value is -3.26. The minimum Gasteiger partial charge on any atom is -0.345 e. The van der Waals surface area contributed by atoms with Crippen LogP contribution in [0.15, 0.2) is 71.6 Å². The van der Waals surface area contributed by atoms with Crippen LogP contribution in [0, 0.1) is 21.7 Å². The molecule has 5 nitrogen and oxygen atoms in total. The number of thioether (sulfide) groups is 1. The van der Waals surface area contributed by atoms with E-state index in [0.29, 0.717) is 16.0 Å². The van der Waals surface area contributed by atoms with Crippen molar-refractivity contribution in [2.75, 3.05) is 6.26 Å². The van der Waals surface area contributed by atoms with E-state index >= 15 is 0 Å². The van der Waals surface area contributed by atoms with Crippen molar-refractivity contribution in [1.82, 2.24) is 5.32 Å². The summed E-state index contributed by atoms with van der Waals surface area (Å²) in [6, 6.07) is 15.1. The number of rotatable bonds is 7. The van der Waals surface area contributed by atoms with Crippen molar-refractivity contribution >= 4 is 23.4 Å². The van der Waals surface area contributed by atoms with E-state index in [2.05, 4.69) is 5.32 Å². The second kappa shape index (κ2) is 9.49. The lowest BCUT2D eigenvalue weighted by Gasteiger charge is -2.20. The van der Waals surface area contributed by atoms with Gasteiger partial charge in [0.1, 0.15) is 17.2 Å². The van der Waals surface area contributed by atoms with Crippen LogP contribution in [-0.4, -0.2) is 17.1 Å². The Kier molecular flexibility index (Phi) is 6.79. The van der Waals surface area contributed by atoms with Crippen LogP contribution in [0.1, 0.15) is 27.5 Å². The van der Waals surface area contributed by atoms with Crippen molar-refractivity contribution < 1.29 is 18.5 Å². The third-order valence-corrected chi connectivity index (χ3v) is 5.26. The number of nitrogens with one attached hydrogen (secondary N) is 1. The van der Waals surface area contributed by atoms with Gasteiger partial charge in [-0.25, -0.2) is 8.78 Å². The zero-order valence-electron chi connectivity index (χ0n) is 16.0. The number of nitrogens with zero attached hydrogens (tertiary/aromatic N) is 1. The third kappa shape index (κ3) is 5.21. The van der Waals surface area contributed by atoms with Crippen molar-refractivity contribution in [1.29, 1.82) is 0 Å². The summed E-state index contributed by atoms with van der Waals surface area (Å²) in [4.78, 5) is 24.4. The Labute approximate surface area is 176 Å². The van der Waals surface area contributed by atoms with Crippen LogP contribution in [0.2, 0.25) is 0 Å². The van der Waals surface area contributed by atoms with Crippen molar-refractivity contribution in [3.8, 4) is 0 Å². The lowest BCUT2D eigenvalue weighted by Crippen LogP contribution is -2.30. The molecule has 0 aromatic heterocycles. The summed E-state index contributed by atoms with van der Waals surface area (Å²) in [5.41, 5.74) is 0.648. The first-order chi connectivity index (χ1) is 14.4. The predicted molar refractivity (Wildman–Crippen MR) is 112 cm³/mol. The number of amides is 1. The minimum absolute atomic E-state index is 0.0903. The molecule has 8 heteroatoms. The Balaban J connectivity index is 1.97. The first kappa shape index (κ1) is 21.4. The number of hydrogen-bond acceptors (Lipinski definition) is 4. The SMILES string of the molecule is CSc1ccc([N+](=O)[O-])c(C(=O)NC(Cc2cccc(F)c2)c2cccc(F)c2)c1. The van der Waals surface area contributed by atoms with Gasteiger partial charge in [0, 0.05) is 11.0 Å². The van der Waals surface area contributed by atoms with Gasteiger partial charge in [0.25, 0.3) is 11.6 Å². The fraction of sp³-hybridized carbons (Fsp3) is 0.136. The van der Waals surface area contributed by atoms with Crippen LogP contribution in [-0.2, 0) is 6.42 Å². The molecule has 154 valence electrons. The molecular weight excluding hydrogens is 410 g/mol. The van der Waals surface area contributed by atoms with E-state index in [-0.39, 0.29) is 17.7 Å². The molecular formula is C22H18F2N2O3S. The summed E-state index contributed by atoms with van der Waals surface area (Å²) in [7, 11) is 0. The van der Waals surface area contributed by atoms with Crippen molar-refractivity contribution in [3.63, 3.8) is 0 Å². The number of benzene rings is 3. The summed E-state index contributed by atoms with van der Waals surface area (Å²) in [5, 5.41) is 14.1. The van der Waals surface area contributed by atoms with Gasteiger partial charge in [-0.15, -0.1) is 11.8 Å². The molecule has 1 atom stereocenters. The van der Waals surface area contributed by atoms with Crippen LogP contribution in [0.25, 0.3) is 0 Å². The third-order valence-electron chi connectivity index (χ3n) is 4.53. The number of carbonyl (C=O) groups is 1. The number of nitro benzene ring substituents is 1. The summed E-state index contributed by atoms with van der Waals surface area (Å²) in [6.45, 7) is 0. The summed E-state index contributed by atoms with van der Waals surface area (Å²) < 4.78 is 27.4. The molecule has 0 aliphatic heterocycles. The van der Waals surface area contributed by atoms with E-state index in [9.17, 15) is 23.7 Å². The standard InChI is InChI=1S/C22H18F2N2O3S/c1-30-18-8-9-21(26(28)29)19(13-18)22(27)25-20(15-5-3-7-17(24)12-15)11-14-4-2-6-16(23)10-14/h2-10,12-13,20H,11H2,1H3,(H,25,27). The van der Waals surface area contributed by atoms with Gasteiger partial charge < -0.3 is 5.32 Å². The molecule has 0 bridgehead atoms. The van der Waals surface area contributed by atoms with Crippen molar-refractivity contribution in [3.05, 3.63) is 105 Å². The highest BCUT2D eigenvalue weighted by Gasteiger charge is 2.24. The number of carbonyl (C=O) groups excluding carboxylic acids is 1. The molecule has 0 spiro atoms. The normalized spacial score (nSPS) is 11.7. The topological polar surface area (TPSA) is 72.2 Å². The highest BCUT2D eigenvalue weighted by molar-refractivity contribution is 7.98. The number of nitro groups is 1. The van der Waals surface area contributed by atoms with Gasteiger partial charge in [0.2, 0.25) is 0 Å². The molecule has 0 aliphatic rings. The maximum atomic E-state index is 13.8. The fourth-order valence-electron chi connectivity index (χ4n) is 3.09. The fourth-order valence-corrected chi connectivity index (χ4v) is 3.53. The van der Waals surface area contributed by atoms with Gasteiger partial charge in [-0.05, 0) is 60.2 Å². The molecule has 0 aliphatic carbocycles. The number of halogens is 2. The smallest absolute Gasteiger partial charge is 0.282 e. The lowest BCUT2D eigenvalue weighted by molar-refractivity contribution is -0.385. The second-order valence-electron chi connectivity index (χ2n) is 6.56. The predicted octanol–water partition coefficient (Wildman–Crippen LogP) is 5.31. The summed E-state index contributed by atoms with van der Waals surface area (Å²) in [5.74, 6) is -1.58.